The van der Waals surface area contributed by atoms with E-state index in [0.29, 0.717) is 24.9 Å². The van der Waals surface area contributed by atoms with E-state index in [0.717, 1.165) is 19.4 Å². The largest absolute Gasteiger partial charge is 0.376 e. The molecule has 106 valence electrons. The predicted octanol–water partition coefficient (Wildman–Crippen LogP) is 0.532. The maximum absolute atomic E-state index is 11.8. The molecule has 19 heavy (non-hydrogen) atoms. The molecule has 7 heteroatoms. The van der Waals surface area contributed by atoms with Crippen LogP contribution in [0.1, 0.15) is 24.6 Å². The molecule has 1 fully saturated rings. The van der Waals surface area contributed by atoms with E-state index in [1.165, 1.54) is 4.90 Å². The lowest BCUT2D eigenvalue weighted by Gasteiger charge is -2.15. The van der Waals surface area contributed by atoms with Crippen molar-refractivity contribution in [1.29, 1.82) is 0 Å². The lowest BCUT2D eigenvalue weighted by molar-refractivity contribution is -0.136. The Labute approximate surface area is 111 Å². The number of rotatable bonds is 6. The summed E-state index contributed by atoms with van der Waals surface area (Å²) < 4.78 is 15.7. The number of ether oxygens (including phenoxy) is 2. The van der Waals surface area contributed by atoms with Gasteiger partial charge < -0.3 is 18.9 Å². The van der Waals surface area contributed by atoms with E-state index in [1.54, 1.807) is 14.0 Å². The molecule has 0 N–H and O–H groups in total. The minimum atomic E-state index is -0.117. The number of amides is 1. The van der Waals surface area contributed by atoms with E-state index in [4.69, 9.17) is 14.0 Å². The van der Waals surface area contributed by atoms with Gasteiger partial charge in [-0.25, -0.2) is 0 Å². The Morgan fingerprint density at radius 1 is 1.58 bits per heavy atom. The van der Waals surface area contributed by atoms with Gasteiger partial charge in [-0.2, -0.15) is 4.98 Å². The first-order valence-electron chi connectivity index (χ1n) is 6.37. The monoisotopic (exact) mass is 269 g/mol. The first-order valence-corrected chi connectivity index (χ1v) is 6.37. The fraction of sp³-hybridized carbons (Fsp3) is 0.750. The van der Waals surface area contributed by atoms with Crippen LogP contribution in [0.4, 0.5) is 0 Å². The van der Waals surface area contributed by atoms with Crippen LogP contribution in [-0.2, 0) is 20.8 Å². The fourth-order valence-electron chi connectivity index (χ4n) is 1.86. The third-order valence-corrected chi connectivity index (χ3v) is 2.92. The average molecular weight is 269 g/mol. The zero-order valence-corrected chi connectivity index (χ0v) is 11.3. The van der Waals surface area contributed by atoms with Crippen molar-refractivity contribution < 1.29 is 18.8 Å². The summed E-state index contributed by atoms with van der Waals surface area (Å²) in [5.74, 6) is 0.867. The molecule has 0 aliphatic carbocycles. The summed E-state index contributed by atoms with van der Waals surface area (Å²) in [6.07, 6.45) is 2.21. The SMILES string of the molecule is Cc1noc(CN(C)C(=O)COCC2CCCO2)n1. The van der Waals surface area contributed by atoms with E-state index < -0.39 is 0 Å². The Morgan fingerprint density at radius 2 is 2.42 bits per heavy atom. The maximum atomic E-state index is 11.8. The van der Waals surface area contributed by atoms with Gasteiger partial charge in [-0.05, 0) is 19.8 Å². The van der Waals surface area contributed by atoms with Crippen LogP contribution in [0.25, 0.3) is 0 Å². The van der Waals surface area contributed by atoms with Crippen molar-refractivity contribution >= 4 is 5.91 Å². The molecule has 1 atom stereocenters. The number of carbonyl (C=O) groups excluding carboxylic acids is 1. The van der Waals surface area contributed by atoms with E-state index in [9.17, 15) is 4.79 Å². The number of aromatic nitrogens is 2. The molecule has 1 amide bonds. The van der Waals surface area contributed by atoms with E-state index >= 15 is 0 Å². The van der Waals surface area contributed by atoms with Gasteiger partial charge in [0.05, 0.1) is 19.3 Å². The van der Waals surface area contributed by atoms with Crippen LogP contribution in [0, 0.1) is 6.92 Å². The van der Waals surface area contributed by atoms with Crippen LogP contribution in [0.5, 0.6) is 0 Å². The highest BCUT2D eigenvalue weighted by Gasteiger charge is 2.17. The van der Waals surface area contributed by atoms with Crippen LogP contribution in [-0.4, -0.2) is 53.9 Å². The van der Waals surface area contributed by atoms with Gasteiger partial charge in [-0.15, -0.1) is 0 Å². The second kappa shape index (κ2) is 6.63. The lowest BCUT2D eigenvalue weighted by Crippen LogP contribution is -2.31. The molecule has 1 aliphatic heterocycles. The van der Waals surface area contributed by atoms with Gasteiger partial charge >= 0.3 is 0 Å². The number of likely N-dealkylation sites (N-methyl/N-ethyl adjacent to an activating group) is 1. The van der Waals surface area contributed by atoms with Crippen molar-refractivity contribution in [3.8, 4) is 0 Å². The minimum absolute atomic E-state index is 0.0451. The highest BCUT2D eigenvalue weighted by molar-refractivity contribution is 5.77. The second-order valence-corrected chi connectivity index (χ2v) is 4.64. The standard InChI is InChI=1S/C12H19N3O4/c1-9-13-11(19-14-9)6-15(2)12(16)8-17-7-10-4-3-5-18-10/h10H,3-8H2,1-2H3. The Bertz CT molecular complexity index is 415. The molecule has 0 bridgehead atoms. The smallest absolute Gasteiger partial charge is 0.248 e. The minimum Gasteiger partial charge on any atom is -0.376 e. The number of hydrogen-bond acceptors (Lipinski definition) is 6. The Kier molecular flexibility index (Phi) is 4.86. The quantitative estimate of drug-likeness (QED) is 0.749. The summed E-state index contributed by atoms with van der Waals surface area (Å²) in [6.45, 7) is 3.34. The van der Waals surface area contributed by atoms with Gasteiger partial charge in [-0.3, -0.25) is 4.79 Å². The van der Waals surface area contributed by atoms with Crippen molar-refractivity contribution in [2.45, 2.75) is 32.4 Å². The molecule has 1 unspecified atom stereocenters. The Morgan fingerprint density at radius 3 is 3.05 bits per heavy atom. The third-order valence-electron chi connectivity index (χ3n) is 2.92. The second-order valence-electron chi connectivity index (χ2n) is 4.64. The van der Waals surface area contributed by atoms with Gasteiger partial charge in [0, 0.05) is 13.7 Å². The van der Waals surface area contributed by atoms with Crippen molar-refractivity contribution in [2.75, 3.05) is 26.9 Å². The molecule has 0 spiro atoms. The number of nitrogens with zero attached hydrogens (tertiary/aromatic N) is 3. The van der Waals surface area contributed by atoms with Gasteiger partial charge in [0.2, 0.25) is 11.8 Å². The summed E-state index contributed by atoms with van der Waals surface area (Å²) in [5, 5.41) is 3.67. The molecule has 2 heterocycles. The Balaban J connectivity index is 1.67. The highest BCUT2D eigenvalue weighted by atomic mass is 16.5. The number of carbonyl (C=O) groups is 1. The molecule has 0 radical (unpaired) electrons. The summed E-state index contributed by atoms with van der Waals surface area (Å²) in [4.78, 5) is 17.3. The molecule has 0 aromatic carbocycles. The number of hydrogen-bond donors (Lipinski definition) is 0. The summed E-state index contributed by atoms with van der Waals surface area (Å²) in [7, 11) is 1.68. The molecule has 1 aromatic heterocycles. The lowest BCUT2D eigenvalue weighted by atomic mass is 10.2. The predicted molar refractivity (Wildman–Crippen MR) is 65.3 cm³/mol. The maximum Gasteiger partial charge on any atom is 0.248 e. The molecule has 2 rings (SSSR count). The van der Waals surface area contributed by atoms with Crippen LogP contribution in [0.15, 0.2) is 4.52 Å². The molecule has 7 nitrogen and oxygen atoms in total. The zero-order valence-electron chi connectivity index (χ0n) is 11.3. The van der Waals surface area contributed by atoms with Crippen LogP contribution in [0.3, 0.4) is 0 Å². The van der Waals surface area contributed by atoms with Gasteiger partial charge in [0.15, 0.2) is 5.82 Å². The van der Waals surface area contributed by atoms with Crippen LogP contribution >= 0.6 is 0 Å². The average Bonchev–Trinajstić information content (AvgIpc) is 3.01. The molecule has 0 saturated carbocycles. The van der Waals surface area contributed by atoms with Gasteiger partial charge in [0.25, 0.3) is 0 Å². The van der Waals surface area contributed by atoms with E-state index in [-0.39, 0.29) is 18.6 Å². The van der Waals surface area contributed by atoms with Crippen molar-refractivity contribution in [2.24, 2.45) is 0 Å². The van der Waals surface area contributed by atoms with Crippen LogP contribution in [0.2, 0.25) is 0 Å². The van der Waals surface area contributed by atoms with Crippen molar-refractivity contribution in [3.05, 3.63) is 11.7 Å². The fourth-order valence-corrected chi connectivity index (χ4v) is 1.86. The first-order chi connectivity index (χ1) is 9.15. The molecule has 1 aliphatic rings. The summed E-state index contributed by atoms with van der Waals surface area (Å²) in [5.41, 5.74) is 0. The third kappa shape index (κ3) is 4.29. The molecule has 1 saturated heterocycles. The van der Waals surface area contributed by atoms with E-state index in [2.05, 4.69) is 10.1 Å². The van der Waals surface area contributed by atoms with Crippen molar-refractivity contribution in [1.82, 2.24) is 15.0 Å². The summed E-state index contributed by atoms with van der Waals surface area (Å²) >= 11 is 0. The van der Waals surface area contributed by atoms with Gasteiger partial charge in [-0.1, -0.05) is 5.16 Å². The molecule has 1 aromatic rings. The molecular formula is C12H19N3O4. The first kappa shape index (κ1) is 14.0. The molecular weight excluding hydrogens is 250 g/mol. The van der Waals surface area contributed by atoms with Gasteiger partial charge in [0.1, 0.15) is 6.61 Å². The summed E-state index contributed by atoms with van der Waals surface area (Å²) in [6, 6.07) is 0. The van der Waals surface area contributed by atoms with Crippen molar-refractivity contribution in [3.63, 3.8) is 0 Å². The number of aryl methyl sites for hydroxylation is 1. The van der Waals surface area contributed by atoms with E-state index in [1.807, 2.05) is 0 Å². The normalized spacial score (nSPS) is 18.7. The zero-order chi connectivity index (χ0) is 13.7. The Hall–Kier alpha value is -1.47. The topological polar surface area (TPSA) is 77.7 Å². The highest BCUT2D eigenvalue weighted by Crippen LogP contribution is 2.11. The van der Waals surface area contributed by atoms with Crippen LogP contribution < -0.4 is 0 Å².